The maximum Gasteiger partial charge on any atom is 0.181 e. The molecule has 1 N–H and O–H groups in total. The minimum atomic E-state index is -1.82. The molecule has 0 heterocycles. The standard InChI is InChI=1S/C14H14ClFO3/c15-10-6-9(7-11(16)8-10)3-4-13(18)14(19)5-1-2-12(14)17/h6-8,19H,1-5H2. The third kappa shape index (κ3) is 3.01. The van der Waals surface area contributed by atoms with Crippen molar-refractivity contribution < 1.29 is 19.1 Å². The highest BCUT2D eigenvalue weighted by atomic mass is 35.5. The number of hydrogen-bond donors (Lipinski definition) is 1. The molecule has 0 aromatic heterocycles. The van der Waals surface area contributed by atoms with E-state index in [0.29, 0.717) is 12.0 Å². The molecule has 102 valence electrons. The van der Waals surface area contributed by atoms with Crippen molar-refractivity contribution in [2.45, 2.75) is 37.7 Å². The van der Waals surface area contributed by atoms with Gasteiger partial charge in [0, 0.05) is 17.9 Å². The van der Waals surface area contributed by atoms with Crippen LogP contribution in [0.1, 0.15) is 31.2 Å². The molecular weight excluding hydrogens is 271 g/mol. The first kappa shape index (κ1) is 14.2. The molecule has 3 nitrogen and oxygen atoms in total. The summed E-state index contributed by atoms with van der Waals surface area (Å²) in [5.41, 5.74) is -1.25. The van der Waals surface area contributed by atoms with Crippen LogP contribution in [0, 0.1) is 5.82 Å². The smallest absolute Gasteiger partial charge is 0.181 e. The average molecular weight is 285 g/mol. The Labute approximate surface area is 115 Å². The molecule has 1 aromatic rings. The van der Waals surface area contributed by atoms with Gasteiger partial charge in [-0.3, -0.25) is 9.59 Å². The molecule has 1 fully saturated rings. The molecule has 0 amide bonds. The minimum Gasteiger partial charge on any atom is -0.375 e. The van der Waals surface area contributed by atoms with Gasteiger partial charge in [0.1, 0.15) is 5.82 Å². The van der Waals surface area contributed by atoms with Gasteiger partial charge in [0.15, 0.2) is 17.2 Å². The van der Waals surface area contributed by atoms with E-state index >= 15 is 0 Å². The summed E-state index contributed by atoms with van der Waals surface area (Å²) in [6, 6.07) is 4.04. The van der Waals surface area contributed by atoms with Crippen LogP contribution in [-0.2, 0) is 16.0 Å². The first-order valence-electron chi connectivity index (χ1n) is 6.16. The molecule has 19 heavy (non-hydrogen) atoms. The highest BCUT2D eigenvalue weighted by Crippen LogP contribution is 2.28. The van der Waals surface area contributed by atoms with Gasteiger partial charge in [-0.05, 0) is 43.0 Å². The van der Waals surface area contributed by atoms with Gasteiger partial charge in [0.2, 0.25) is 0 Å². The van der Waals surface area contributed by atoms with Crippen LogP contribution in [-0.4, -0.2) is 22.3 Å². The second-order valence-electron chi connectivity index (χ2n) is 4.84. The first-order valence-corrected chi connectivity index (χ1v) is 6.53. The second kappa shape index (κ2) is 5.39. The lowest BCUT2D eigenvalue weighted by Gasteiger charge is -2.18. The SMILES string of the molecule is O=C1CCCC1(O)C(=O)CCc1cc(F)cc(Cl)c1. The Hall–Kier alpha value is -1.26. The Kier molecular flexibility index (Phi) is 4.02. The molecule has 5 heteroatoms. The van der Waals surface area contributed by atoms with Crippen LogP contribution in [0.5, 0.6) is 0 Å². The summed E-state index contributed by atoms with van der Waals surface area (Å²) in [4.78, 5) is 23.4. The van der Waals surface area contributed by atoms with Gasteiger partial charge >= 0.3 is 0 Å². The van der Waals surface area contributed by atoms with Gasteiger partial charge in [0.25, 0.3) is 0 Å². The van der Waals surface area contributed by atoms with Crippen LogP contribution in [0.15, 0.2) is 18.2 Å². The van der Waals surface area contributed by atoms with Crippen molar-refractivity contribution in [1.29, 1.82) is 0 Å². The van der Waals surface area contributed by atoms with Gasteiger partial charge in [-0.25, -0.2) is 4.39 Å². The highest BCUT2D eigenvalue weighted by Gasteiger charge is 2.45. The molecule has 1 aromatic carbocycles. The van der Waals surface area contributed by atoms with Crippen LogP contribution in [0.2, 0.25) is 5.02 Å². The Bertz CT molecular complexity index is 509. The number of carbonyl (C=O) groups is 2. The summed E-state index contributed by atoms with van der Waals surface area (Å²) < 4.78 is 13.1. The third-order valence-corrected chi connectivity index (χ3v) is 3.65. The molecule has 0 aliphatic heterocycles. The van der Waals surface area contributed by atoms with Crippen molar-refractivity contribution in [2.24, 2.45) is 0 Å². The number of halogens is 2. The van der Waals surface area contributed by atoms with Crippen molar-refractivity contribution >= 4 is 23.2 Å². The van der Waals surface area contributed by atoms with E-state index in [9.17, 15) is 19.1 Å². The normalized spacial score (nSPS) is 22.8. The molecule has 2 rings (SSSR count). The van der Waals surface area contributed by atoms with Gasteiger partial charge in [-0.1, -0.05) is 11.6 Å². The lowest BCUT2D eigenvalue weighted by atomic mass is 9.91. The number of rotatable bonds is 4. The van der Waals surface area contributed by atoms with Crippen molar-refractivity contribution in [3.8, 4) is 0 Å². The monoisotopic (exact) mass is 284 g/mol. The number of Topliss-reactive ketones (excluding diaryl/α,β-unsaturated/α-hetero) is 2. The predicted octanol–water partition coefficient (Wildman–Crippen LogP) is 2.46. The van der Waals surface area contributed by atoms with Crippen molar-refractivity contribution in [2.75, 3.05) is 0 Å². The molecule has 1 unspecified atom stereocenters. The summed E-state index contributed by atoms with van der Waals surface area (Å²) in [5, 5.41) is 10.3. The summed E-state index contributed by atoms with van der Waals surface area (Å²) in [7, 11) is 0. The molecule has 0 spiro atoms. The highest BCUT2D eigenvalue weighted by molar-refractivity contribution is 6.30. The molecule has 0 radical (unpaired) electrons. The van der Waals surface area contributed by atoms with Gasteiger partial charge in [-0.2, -0.15) is 0 Å². The number of ketones is 2. The average Bonchev–Trinajstić information content (AvgIpc) is 2.67. The number of hydrogen-bond acceptors (Lipinski definition) is 3. The zero-order valence-corrected chi connectivity index (χ0v) is 11.0. The van der Waals surface area contributed by atoms with E-state index < -0.39 is 23.0 Å². The molecule has 1 aliphatic carbocycles. The Morgan fingerprint density at radius 1 is 1.42 bits per heavy atom. The topological polar surface area (TPSA) is 54.4 Å². The van der Waals surface area contributed by atoms with E-state index in [1.165, 1.54) is 12.1 Å². The van der Waals surface area contributed by atoms with E-state index in [-0.39, 0.29) is 30.7 Å². The third-order valence-electron chi connectivity index (χ3n) is 3.43. The van der Waals surface area contributed by atoms with Crippen molar-refractivity contribution in [1.82, 2.24) is 0 Å². The van der Waals surface area contributed by atoms with Crippen LogP contribution >= 0.6 is 11.6 Å². The Morgan fingerprint density at radius 2 is 2.16 bits per heavy atom. The lowest BCUT2D eigenvalue weighted by molar-refractivity contribution is -0.147. The quantitative estimate of drug-likeness (QED) is 0.864. The molecule has 0 bridgehead atoms. The van der Waals surface area contributed by atoms with Crippen molar-refractivity contribution in [3.63, 3.8) is 0 Å². The second-order valence-corrected chi connectivity index (χ2v) is 5.27. The predicted molar refractivity (Wildman–Crippen MR) is 68.5 cm³/mol. The van der Waals surface area contributed by atoms with E-state index in [1.54, 1.807) is 6.07 Å². The number of benzene rings is 1. The summed E-state index contributed by atoms with van der Waals surface area (Å²) in [5.74, 6) is -1.37. The van der Waals surface area contributed by atoms with E-state index in [1.807, 2.05) is 0 Å². The maximum atomic E-state index is 13.1. The van der Waals surface area contributed by atoms with Gasteiger partial charge < -0.3 is 5.11 Å². The summed E-state index contributed by atoms with van der Waals surface area (Å²) in [6.45, 7) is 0. The van der Waals surface area contributed by atoms with E-state index in [2.05, 4.69) is 0 Å². The summed E-state index contributed by atoms with van der Waals surface area (Å²) >= 11 is 5.71. The maximum absolute atomic E-state index is 13.1. The molecule has 0 saturated heterocycles. The number of aliphatic hydroxyl groups is 1. The molecule has 1 aliphatic rings. The zero-order chi connectivity index (χ0) is 14.0. The Balaban J connectivity index is 2.02. The van der Waals surface area contributed by atoms with Crippen LogP contribution in [0.3, 0.4) is 0 Å². The number of carbonyl (C=O) groups excluding carboxylic acids is 2. The zero-order valence-electron chi connectivity index (χ0n) is 10.3. The summed E-state index contributed by atoms with van der Waals surface area (Å²) in [6.07, 6.45) is 1.23. The molecule has 1 saturated carbocycles. The fraction of sp³-hybridized carbons (Fsp3) is 0.429. The lowest BCUT2D eigenvalue weighted by Crippen LogP contribution is -2.42. The Morgan fingerprint density at radius 3 is 2.74 bits per heavy atom. The van der Waals surface area contributed by atoms with Crippen LogP contribution in [0.25, 0.3) is 0 Å². The van der Waals surface area contributed by atoms with Crippen LogP contribution < -0.4 is 0 Å². The van der Waals surface area contributed by atoms with Gasteiger partial charge in [-0.15, -0.1) is 0 Å². The molecule has 1 atom stereocenters. The largest absolute Gasteiger partial charge is 0.375 e. The van der Waals surface area contributed by atoms with Gasteiger partial charge in [0.05, 0.1) is 0 Å². The minimum absolute atomic E-state index is 0.00201. The van der Waals surface area contributed by atoms with Crippen LogP contribution in [0.4, 0.5) is 4.39 Å². The number of aryl methyl sites for hydroxylation is 1. The first-order chi connectivity index (χ1) is 8.91. The van der Waals surface area contributed by atoms with E-state index in [0.717, 1.165) is 0 Å². The van der Waals surface area contributed by atoms with E-state index in [4.69, 9.17) is 11.6 Å². The van der Waals surface area contributed by atoms with Crippen molar-refractivity contribution in [3.05, 3.63) is 34.6 Å². The fourth-order valence-electron chi connectivity index (χ4n) is 2.37. The molecular formula is C14H14ClFO3. The fourth-order valence-corrected chi connectivity index (χ4v) is 2.61.